The number of anilines is 2. The number of nitrogen functional groups attached to an aromatic ring is 1. The van der Waals surface area contributed by atoms with Crippen molar-refractivity contribution in [1.82, 2.24) is 9.78 Å². The van der Waals surface area contributed by atoms with Gasteiger partial charge in [-0.05, 0) is 17.5 Å². The smallest absolute Gasteiger partial charge is 0.246 e. The maximum atomic E-state index is 12.1. The molecule has 21 heavy (non-hydrogen) atoms. The average Bonchev–Trinajstić information content (AvgIpc) is 2.87. The molecule has 0 aliphatic heterocycles. The van der Waals surface area contributed by atoms with Crippen LogP contribution in [0.2, 0.25) is 0 Å². The Bertz CT molecular complexity index is 812. The second-order valence-electron chi connectivity index (χ2n) is 4.66. The average molecular weight is 345 g/mol. The molecule has 0 saturated carbocycles. The summed E-state index contributed by atoms with van der Waals surface area (Å²) in [5.74, 6) is -0.148. The van der Waals surface area contributed by atoms with Crippen LogP contribution in [0.5, 0.6) is 0 Å². The summed E-state index contributed by atoms with van der Waals surface area (Å²) in [5, 5.41) is 8.95. The number of amides is 1. The molecule has 6 heteroatoms. The van der Waals surface area contributed by atoms with E-state index < -0.39 is 0 Å². The molecule has 0 aliphatic carbocycles. The van der Waals surface area contributed by atoms with Crippen molar-refractivity contribution in [1.29, 1.82) is 0 Å². The van der Waals surface area contributed by atoms with E-state index in [2.05, 4.69) is 26.3 Å². The van der Waals surface area contributed by atoms with Crippen molar-refractivity contribution in [3.05, 3.63) is 53.3 Å². The first-order chi connectivity index (χ1) is 10.1. The minimum atomic E-state index is -0.148. The zero-order valence-corrected chi connectivity index (χ0v) is 12.7. The van der Waals surface area contributed by atoms with Gasteiger partial charge in [0.15, 0.2) is 0 Å². The molecule has 0 radical (unpaired) electrons. The minimum absolute atomic E-state index is 0.127. The van der Waals surface area contributed by atoms with Crippen molar-refractivity contribution >= 4 is 44.0 Å². The molecule has 2 aromatic carbocycles. The van der Waals surface area contributed by atoms with Crippen LogP contribution >= 0.6 is 15.9 Å². The van der Waals surface area contributed by atoms with Gasteiger partial charge in [-0.1, -0.05) is 40.2 Å². The van der Waals surface area contributed by atoms with Crippen LogP contribution in [0.25, 0.3) is 10.8 Å². The van der Waals surface area contributed by atoms with Gasteiger partial charge >= 0.3 is 0 Å². The Balaban J connectivity index is 1.85. The van der Waals surface area contributed by atoms with Gasteiger partial charge < -0.3 is 11.1 Å². The highest BCUT2D eigenvalue weighted by molar-refractivity contribution is 9.10. The van der Waals surface area contributed by atoms with Gasteiger partial charge in [-0.25, -0.2) is 0 Å². The summed E-state index contributed by atoms with van der Waals surface area (Å²) in [5.41, 5.74) is 6.89. The molecule has 0 aliphatic rings. The van der Waals surface area contributed by atoms with Crippen LogP contribution in [0, 0.1) is 0 Å². The lowest BCUT2D eigenvalue weighted by Crippen LogP contribution is -2.19. The predicted octanol–water partition coefficient (Wildman–Crippen LogP) is 3.02. The third kappa shape index (κ3) is 2.90. The third-order valence-corrected chi connectivity index (χ3v) is 3.80. The molecule has 5 nitrogen and oxygen atoms in total. The second-order valence-corrected chi connectivity index (χ2v) is 5.51. The van der Waals surface area contributed by atoms with Gasteiger partial charge in [-0.2, -0.15) is 5.10 Å². The molecule has 3 rings (SSSR count). The van der Waals surface area contributed by atoms with Crippen LogP contribution in [-0.4, -0.2) is 15.7 Å². The number of carbonyl (C=O) groups is 1. The maximum Gasteiger partial charge on any atom is 0.246 e. The Morgan fingerprint density at radius 1 is 1.24 bits per heavy atom. The lowest BCUT2D eigenvalue weighted by molar-refractivity contribution is -0.116. The van der Waals surface area contributed by atoms with Crippen molar-refractivity contribution in [2.75, 3.05) is 11.1 Å². The molecule has 0 saturated heterocycles. The fourth-order valence-corrected chi connectivity index (χ4v) is 2.65. The minimum Gasteiger partial charge on any atom is -0.396 e. The number of aromatic nitrogens is 2. The van der Waals surface area contributed by atoms with Crippen molar-refractivity contribution in [2.24, 2.45) is 0 Å². The number of rotatable bonds is 3. The first kappa shape index (κ1) is 13.6. The quantitative estimate of drug-likeness (QED) is 0.766. The van der Waals surface area contributed by atoms with E-state index in [1.807, 2.05) is 36.4 Å². The number of hydrogen-bond acceptors (Lipinski definition) is 3. The molecule has 0 atom stereocenters. The van der Waals surface area contributed by atoms with Gasteiger partial charge in [0.05, 0.1) is 11.9 Å². The Kier molecular flexibility index (Phi) is 3.62. The van der Waals surface area contributed by atoms with Crippen LogP contribution in [0.3, 0.4) is 0 Å². The highest BCUT2D eigenvalue weighted by Crippen LogP contribution is 2.29. The molecule has 0 fully saturated rings. The molecular weight excluding hydrogens is 332 g/mol. The van der Waals surface area contributed by atoms with Crippen LogP contribution < -0.4 is 11.1 Å². The fourth-order valence-electron chi connectivity index (χ4n) is 2.17. The molecule has 3 aromatic rings. The molecule has 1 amide bonds. The lowest BCUT2D eigenvalue weighted by atomic mass is 10.1. The van der Waals surface area contributed by atoms with Crippen molar-refractivity contribution < 1.29 is 4.79 Å². The monoisotopic (exact) mass is 344 g/mol. The van der Waals surface area contributed by atoms with E-state index in [-0.39, 0.29) is 12.5 Å². The summed E-state index contributed by atoms with van der Waals surface area (Å²) in [6, 6.07) is 11.7. The first-order valence-corrected chi connectivity index (χ1v) is 7.18. The normalized spacial score (nSPS) is 10.7. The van der Waals surface area contributed by atoms with Crippen LogP contribution in [-0.2, 0) is 11.3 Å². The van der Waals surface area contributed by atoms with Gasteiger partial charge in [-0.3, -0.25) is 9.48 Å². The van der Waals surface area contributed by atoms with E-state index in [1.54, 1.807) is 6.20 Å². The molecule has 3 N–H and O–H groups in total. The van der Waals surface area contributed by atoms with Crippen molar-refractivity contribution in [2.45, 2.75) is 6.54 Å². The Morgan fingerprint density at radius 3 is 2.71 bits per heavy atom. The lowest BCUT2D eigenvalue weighted by Gasteiger charge is -2.10. The standard InChI is InChI=1S/C15H13BrN4O/c16-13-5-6-14(12-4-2-1-3-11(12)13)19-15(21)9-20-8-10(17)7-18-20/h1-8H,9,17H2,(H,19,21). The number of nitrogens with zero attached hydrogens (tertiary/aromatic N) is 2. The maximum absolute atomic E-state index is 12.1. The molecule has 1 heterocycles. The number of fused-ring (bicyclic) bond motifs is 1. The van der Waals surface area contributed by atoms with Gasteiger partial charge in [0.2, 0.25) is 5.91 Å². The van der Waals surface area contributed by atoms with E-state index in [1.165, 1.54) is 10.9 Å². The Hall–Kier alpha value is -2.34. The zero-order valence-electron chi connectivity index (χ0n) is 11.1. The summed E-state index contributed by atoms with van der Waals surface area (Å²) >= 11 is 3.51. The van der Waals surface area contributed by atoms with Gasteiger partial charge in [0.1, 0.15) is 6.54 Å². The molecule has 0 unspecified atom stereocenters. The number of benzene rings is 2. The molecular formula is C15H13BrN4O. The van der Waals surface area contributed by atoms with Crippen LogP contribution in [0.15, 0.2) is 53.3 Å². The van der Waals surface area contributed by atoms with E-state index in [0.29, 0.717) is 5.69 Å². The van der Waals surface area contributed by atoms with Crippen molar-refractivity contribution in [3.8, 4) is 0 Å². The van der Waals surface area contributed by atoms with E-state index in [0.717, 1.165) is 20.9 Å². The highest BCUT2D eigenvalue weighted by atomic mass is 79.9. The Labute approximate surface area is 129 Å². The number of halogens is 1. The number of nitrogens with one attached hydrogen (secondary N) is 1. The molecule has 0 spiro atoms. The highest BCUT2D eigenvalue weighted by Gasteiger charge is 2.08. The summed E-state index contributed by atoms with van der Waals surface area (Å²) in [6.07, 6.45) is 3.14. The third-order valence-electron chi connectivity index (χ3n) is 3.10. The van der Waals surface area contributed by atoms with E-state index in [4.69, 9.17) is 5.73 Å². The summed E-state index contributed by atoms with van der Waals surface area (Å²) in [7, 11) is 0. The number of carbonyl (C=O) groups excluding carboxylic acids is 1. The van der Waals surface area contributed by atoms with Crippen molar-refractivity contribution in [3.63, 3.8) is 0 Å². The summed E-state index contributed by atoms with van der Waals surface area (Å²) in [4.78, 5) is 12.1. The SMILES string of the molecule is Nc1cnn(CC(=O)Nc2ccc(Br)c3ccccc23)c1. The van der Waals surface area contributed by atoms with Crippen LogP contribution in [0.1, 0.15) is 0 Å². The first-order valence-electron chi connectivity index (χ1n) is 6.38. The van der Waals surface area contributed by atoms with Gasteiger partial charge in [0.25, 0.3) is 0 Å². The zero-order chi connectivity index (χ0) is 14.8. The fraction of sp³-hybridized carbons (Fsp3) is 0.0667. The number of nitrogens with two attached hydrogens (primary N) is 1. The Morgan fingerprint density at radius 2 is 2.00 bits per heavy atom. The molecule has 0 bridgehead atoms. The molecule has 1 aromatic heterocycles. The molecule has 106 valence electrons. The summed E-state index contributed by atoms with van der Waals surface area (Å²) < 4.78 is 2.50. The second kappa shape index (κ2) is 5.57. The van der Waals surface area contributed by atoms with Gasteiger partial charge in [-0.15, -0.1) is 0 Å². The predicted molar refractivity (Wildman–Crippen MR) is 86.9 cm³/mol. The van der Waals surface area contributed by atoms with E-state index in [9.17, 15) is 4.79 Å². The largest absolute Gasteiger partial charge is 0.396 e. The van der Waals surface area contributed by atoms with Crippen LogP contribution in [0.4, 0.5) is 11.4 Å². The summed E-state index contributed by atoms with van der Waals surface area (Å²) in [6.45, 7) is 0.127. The topological polar surface area (TPSA) is 72.9 Å². The number of hydrogen-bond donors (Lipinski definition) is 2. The van der Waals surface area contributed by atoms with Gasteiger partial charge in [0, 0.05) is 21.7 Å². The van der Waals surface area contributed by atoms with E-state index >= 15 is 0 Å².